The maximum atomic E-state index is 9.76. The highest BCUT2D eigenvalue weighted by Gasteiger charge is 2.20. The van der Waals surface area contributed by atoms with Gasteiger partial charge in [0.1, 0.15) is 5.82 Å². The minimum absolute atomic E-state index is 0.365. The summed E-state index contributed by atoms with van der Waals surface area (Å²) in [6, 6.07) is 8.38. The summed E-state index contributed by atoms with van der Waals surface area (Å²) in [5, 5.41) is 12.8. The molecule has 0 spiro atoms. The number of aliphatic hydroxyl groups is 1. The van der Waals surface area contributed by atoms with E-state index < -0.39 is 6.10 Å². The van der Waals surface area contributed by atoms with Crippen LogP contribution in [0.3, 0.4) is 0 Å². The van der Waals surface area contributed by atoms with Crippen LogP contribution in [0.15, 0.2) is 24.3 Å². The molecule has 24 heavy (non-hydrogen) atoms. The van der Waals surface area contributed by atoms with Crippen molar-refractivity contribution in [3.05, 3.63) is 46.6 Å². The lowest BCUT2D eigenvalue weighted by Gasteiger charge is -2.31. The van der Waals surface area contributed by atoms with E-state index in [4.69, 9.17) is 0 Å². The highest BCUT2D eigenvalue weighted by Crippen LogP contribution is 2.27. The maximum absolute atomic E-state index is 9.76. The molecule has 0 saturated carbocycles. The van der Waals surface area contributed by atoms with E-state index in [9.17, 15) is 5.11 Å². The van der Waals surface area contributed by atoms with E-state index in [1.165, 1.54) is 11.1 Å². The van der Waals surface area contributed by atoms with Crippen molar-refractivity contribution in [3.8, 4) is 0 Å². The van der Waals surface area contributed by atoms with Gasteiger partial charge in [-0.3, -0.25) is 0 Å². The van der Waals surface area contributed by atoms with Gasteiger partial charge in [-0.05, 0) is 36.0 Å². The summed E-state index contributed by atoms with van der Waals surface area (Å²) < 4.78 is 0. The zero-order valence-corrected chi connectivity index (χ0v) is 14.9. The van der Waals surface area contributed by atoms with Crippen LogP contribution in [0.2, 0.25) is 0 Å². The highest BCUT2D eigenvalue weighted by atomic mass is 16.3. The van der Waals surface area contributed by atoms with Crippen LogP contribution < -0.4 is 10.2 Å². The summed E-state index contributed by atoms with van der Waals surface area (Å²) >= 11 is 0. The van der Waals surface area contributed by atoms with Gasteiger partial charge in [0.2, 0.25) is 5.95 Å². The topological polar surface area (TPSA) is 61.3 Å². The molecular weight excluding hydrogens is 300 g/mol. The third-order valence-corrected chi connectivity index (χ3v) is 4.60. The molecule has 3 rings (SSSR count). The highest BCUT2D eigenvalue weighted by molar-refractivity contribution is 5.49. The molecule has 0 radical (unpaired) electrons. The van der Waals surface area contributed by atoms with E-state index in [-0.39, 0.29) is 0 Å². The Kier molecular flexibility index (Phi) is 4.71. The van der Waals surface area contributed by atoms with Gasteiger partial charge in [-0.1, -0.05) is 32.0 Å². The van der Waals surface area contributed by atoms with Crippen molar-refractivity contribution < 1.29 is 5.11 Å². The fourth-order valence-electron chi connectivity index (χ4n) is 3.05. The first-order valence-corrected chi connectivity index (χ1v) is 8.59. The lowest BCUT2D eigenvalue weighted by atomic mass is 9.96. The molecule has 2 N–H and O–H groups in total. The SMILES string of the molecule is CNc1nc(C(C)C)cc(N2CCc3cc([C@H](C)O)ccc3C2)n1. The average Bonchev–Trinajstić information content (AvgIpc) is 2.60. The molecule has 0 unspecified atom stereocenters. The molecule has 1 aromatic carbocycles. The number of nitrogens with one attached hydrogen (secondary N) is 1. The molecule has 0 fully saturated rings. The summed E-state index contributed by atoms with van der Waals surface area (Å²) in [7, 11) is 1.85. The molecule has 128 valence electrons. The van der Waals surface area contributed by atoms with Crippen molar-refractivity contribution >= 4 is 11.8 Å². The Labute approximate surface area is 143 Å². The van der Waals surface area contributed by atoms with Crippen LogP contribution in [-0.4, -0.2) is 28.7 Å². The number of anilines is 2. The van der Waals surface area contributed by atoms with Crippen molar-refractivity contribution in [2.75, 3.05) is 23.8 Å². The predicted octanol–water partition coefficient (Wildman–Crippen LogP) is 3.26. The fourth-order valence-corrected chi connectivity index (χ4v) is 3.05. The Morgan fingerprint density at radius 1 is 1.12 bits per heavy atom. The van der Waals surface area contributed by atoms with E-state index in [0.717, 1.165) is 36.6 Å². The molecule has 2 aromatic rings. The molecule has 1 atom stereocenters. The second-order valence-electron chi connectivity index (χ2n) is 6.75. The fraction of sp³-hybridized carbons (Fsp3) is 0.474. The van der Waals surface area contributed by atoms with Crippen molar-refractivity contribution in [1.82, 2.24) is 9.97 Å². The number of fused-ring (bicyclic) bond motifs is 1. The number of aromatic nitrogens is 2. The predicted molar refractivity (Wildman–Crippen MR) is 97.5 cm³/mol. The number of benzene rings is 1. The molecule has 1 aromatic heterocycles. The quantitative estimate of drug-likeness (QED) is 0.903. The molecule has 1 aliphatic heterocycles. The van der Waals surface area contributed by atoms with Crippen LogP contribution in [-0.2, 0) is 13.0 Å². The smallest absolute Gasteiger partial charge is 0.224 e. The molecular formula is C19H26N4O. The Bertz CT molecular complexity index is 727. The van der Waals surface area contributed by atoms with Crippen molar-refractivity contribution in [2.24, 2.45) is 0 Å². The Morgan fingerprint density at radius 3 is 2.58 bits per heavy atom. The minimum Gasteiger partial charge on any atom is -0.389 e. The lowest BCUT2D eigenvalue weighted by Crippen LogP contribution is -2.31. The van der Waals surface area contributed by atoms with Gasteiger partial charge < -0.3 is 15.3 Å². The molecule has 1 aliphatic rings. The van der Waals surface area contributed by atoms with Gasteiger partial charge in [-0.15, -0.1) is 0 Å². The van der Waals surface area contributed by atoms with Crippen molar-refractivity contribution in [3.63, 3.8) is 0 Å². The number of rotatable bonds is 4. The lowest BCUT2D eigenvalue weighted by molar-refractivity contribution is 0.199. The zero-order chi connectivity index (χ0) is 17.3. The normalized spacial score (nSPS) is 15.3. The summed E-state index contributed by atoms with van der Waals surface area (Å²) in [4.78, 5) is 11.5. The van der Waals surface area contributed by atoms with E-state index in [1.54, 1.807) is 0 Å². The van der Waals surface area contributed by atoms with Gasteiger partial charge >= 0.3 is 0 Å². The van der Waals surface area contributed by atoms with Gasteiger partial charge in [0.15, 0.2) is 0 Å². The third-order valence-electron chi connectivity index (χ3n) is 4.60. The summed E-state index contributed by atoms with van der Waals surface area (Å²) in [6.45, 7) is 7.87. The monoisotopic (exact) mass is 326 g/mol. The second kappa shape index (κ2) is 6.77. The molecule has 0 saturated heterocycles. The number of aliphatic hydroxyl groups excluding tert-OH is 1. The van der Waals surface area contributed by atoms with E-state index in [1.807, 2.05) is 20.0 Å². The molecule has 2 heterocycles. The molecule has 5 heteroatoms. The summed E-state index contributed by atoms with van der Waals surface area (Å²) in [5.74, 6) is 2.01. The van der Waals surface area contributed by atoms with Crippen LogP contribution in [0.5, 0.6) is 0 Å². The average molecular weight is 326 g/mol. The van der Waals surface area contributed by atoms with Crippen LogP contribution in [0.25, 0.3) is 0 Å². The molecule has 0 bridgehead atoms. The standard InChI is InChI=1S/C19H26N4O/c1-12(2)17-10-18(22-19(20-4)21-17)23-8-7-15-9-14(13(3)24)5-6-16(15)11-23/h5-6,9-10,12-13,24H,7-8,11H2,1-4H3,(H,20,21,22)/t13-/m0/s1. The first-order chi connectivity index (χ1) is 11.5. The van der Waals surface area contributed by atoms with E-state index >= 15 is 0 Å². The summed E-state index contributed by atoms with van der Waals surface area (Å²) in [6.07, 6.45) is 0.549. The van der Waals surface area contributed by atoms with Crippen molar-refractivity contribution in [2.45, 2.75) is 45.8 Å². The number of nitrogens with zero attached hydrogens (tertiary/aromatic N) is 3. The first kappa shape index (κ1) is 16.7. The first-order valence-electron chi connectivity index (χ1n) is 8.59. The van der Waals surface area contributed by atoms with Crippen molar-refractivity contribution in [1.29, 1.82) is 0 Å². The van der Waals surface area contributed by atoms with Crippen LogP contribution >= 0.6 is 0 Å². The maximum Gasteiger partial charge on any atom is 0.224 e. The van der Waals surface area contributed by atoms with Crippen LogP contribution in [0.4, 0.5) is 11.8 Å². The largest absolute Gasteiger partial charge is 0.389 e. The van der Waals surface area contributed by atoms with E-state index in [0.29, 0.717) is 11.9 Å². The summed E-state index contributed by atoms with van der Waals surface area (Å²) in [5.41, 5.74) is 4.68. The van der Waals surface area contributed by atoms with Crippen LogP contribution in [0.1, 0.15) is 55.2 Å². The Morgan fingerprint density at radius 2 is 1.92 bits per heavy atom. The Balaban J connectivity index is 1.89. The number of hydrogen-bond acceptors (Lipinski definition) is 5. The Hall–Kier alpha value is -2.14. The zero-order valence-electron chi connectivity index (χ0n) is 14.9. The van der Waals surface area contributed by atoms with E-state index in [2.05, 4.69) is 52.2 Å². The minimum atomic E-state index is -0.415. The third kappa shape index (κ3) is 3.36. The van der Waals surface area contributed by atoms with Gasteiger partial charge in [-0.25, -0.2) is 4.98 Å². The van der Waals surface area contributed by atoms with Gasteiger partial charge in [-0.2, -0.15) is 4.98 Å². The second-order valence-corrected chi connectivity index (χ2v) is 6.75. The van der Waals surface area contributed by atoms with Crippen LogP contribution in [0, 0.1) is 0 Å². The molecule has 0 amide bonds. The number of hydrogen-bond donors (Lipinski definition) is 2. The van der Waals surface area contributed by atoms with Gasteiger partial charge in [0.05, 0.1) is 11.8 Å². The van der Waals surface area contributed by atoms with Gasteiger partial charge in [0.25, 0.3) is 0 Å². The van der Waals surface area contributed by atoms with Gasteiger partial charge in [0, 0.05) is 26.2 Å². The molecule has 5 nitrogen and oxygen atoms in total. The molecule has 0 aliphatic carbocycles.